The maximum atomic E-state index is 12.4. The van der Waals surface area contributed by atoms with Crippen LogP contribution >= 0.6 is 11.8 Å². The van der Waals surface area contributed by atoms with Gasteiger partial charge in [0, 0.05) is 11.1 Å². The third kappa shape index (κ3) is 3.94. The van der Waals surface area contributed by atoms with Crippen LogP contribution in [0.4, 0.5) is 5.69 Å². The lowest BCUT2D eigenvalue weighted by atomic mass is 10.0. The number of amidine groups is 1. The van der Waals surface area contributed by atoms with Crippen molar-refractivity contribution in [3.63, 3.8) is 0 Å². The average Bonchev–Trinajstić information content (AvgIpc) is 2.55. The van der Waals surface area contributed by atoms with Crippen LogP contribution in [-0.4, -0.2) is 17.2 Å². The molecule has 21 heavy (non-hydrogen) atoms. The molecule has 0 heterocycles. The second-order valence-corrected chi connectivity index (χ2v) is 4.90. The fraction of sp³-hybridized carbons (Fsp3) is 0.0625. The van der Waals surface area contributed by atoms with Crippen LogP contribution in [0.5, 0.6) is 0 Å². The minimum atomic E-state index is -0.0495. The number of rotatable bonds is 3. The van der Waals surface area contributed by atoms with Crippen molar-refractivity contribution in [2.45, 2.75) is 0 Å². The van der Waals surface area contributed by atoms with Crippen molar-refractivity contribution in [3.8, 4) is 6.19 Å². The summed E-state index contributed by atoms with van der Waals surface area (Å²) in [5.41, 5.74) is 1.84. The first kappa shape index (κ1) is 14.8. The molecule has 2 aromatic carbocycles. The van der Waals surface area contributed by atoms with E-state index in [2.05, 4.69) is 10.3 Å². The molecule has 0 amide bonds. The van der Waals surface area contributed by atoms with Crippen LogP contribution in [0.1, 0.15) is 15.9 Å². The highest BCUT2D eigenvalue weighted by Crippen LogP contribution is 2.18. The topological polar surface area (TPSA) is 65.2 Å². The van der Waals surface area contributed by atoms with Crippen molar-refractivity contribution in [1.29, 1.82) is 5.26 Å². The number of carbonyl (C=O) groups excluding carboxylic acids is 1. The predicted molar refractivity (Wildman–Crippen MR) is 85.7 cm³/mol. The highest BCUT2D eigenvalue weighted by atomic mass is 32.2. The molecule has 0 aliphatic rings. The molecule has 0 aliphatic carbocycles. The quantitative estimate of drug-likeness (QED) is 0.310. The van der Waals surface area contributed by atoms with Crippen LogP contribution in [-0.2, 0) is 0 Å². The van der Waals surface area contributed by atoms with Gasteiger partial charge in [-0.3, -0.25) is 10.1 Å². The van der Waals surface area contributed by atoms with Gasteiger partial charge in [0.15, 0.2) is 17.1 Å². The summed E-state index contributed by atoms with van der Waals surface area (Å²) in [6.07, 6.45) is 3.66. The van der Waals surface area contributed by atoms with E-state index in [0.29, 0.717) is 22.0 Å². The van der Waals surface area contributed by atoms with Gasteiger partial charge >= 0.3 is 0 Å². The number of hydrogen-bond acceptors (Lipinski definition) is 4. The molecule has 2 rings (SSSR count). The average molecular weight is 295 g/mol. The Hall–Kier alpha value is -2.58. The summed E-state index contributed by atoms with van der Waals surface area (Å²) in [5.74, 6) is -0.0495. The molecule has 0 aromatic heterocycles. The van der Waals surface area contributed by atoms with Crippen molar-refractivity contribution in [2.75, 3.05) is 6.26 Å². The van der Waals surface area contributed by atoms with Gasteiger partial charge in [-0.05, 0) is 18.4 Å². The number of nitrogens with zero attached hydrogens (tertiary/aromatic N) is 2. The highest BCUT2D eigenvalue weighted by Gasteiger charge is 2.09. The summed E-state index contributed by atoms with van der Waals surface area (Å²) in [7, 11) is 0. The summed E-state index contributed by atoms with van der Waals surface area (Å²) in [4.78, 5) is 16.7. The van der Waals surface area contributed by atoms with E-state index in [-0.39, 0.29) is 5.78 Å². The first-order valence-corrected chi connectivity index (χ1v) is 7.44. The van der Waals surface area contributed by atoms with E-state index in [4.69, 9.17) is 5.26 Å². The Bertz CT molecular complexity index is 705. The lowest BCUT2D eigenvalue weighted by Gasteiger charge is -2.03. The largest absolute Gasteiger partial charge is 0.289 e. The molecular weight excluding hydrogens is 282 g/mol. The van der Waals surface area contributed by atoms with Gasteiger partial charge in [0.05, 0.1) is 5.69 Å². The second-order valence-electron chi connectivity index (χ2n) is 4.10. The second kappa shape index (κ2) is 7.27. The van der Waals surface area contributed by atoms with Gasteiger partial charge in [-0.1, -0.05) is 54.2 Å². The molecular formula is C16H13N3OS. The molecule has 1 N–H and O–H groups in total. The normalized spacial score (nSPS) is 10.8. The number of ketones is 1. The Morgan fingerprint density at radius 1 is 1.14 bits per heavy atom. The third-order valence-corrected chi connectivity index (χ3v) is 3.31. The Kier molecular flexibility index (Phi) is 5.13. The van der Waals surface area contributed by atoms with Gasteiger partial charge < -0.3 is 0 Å². The van der Waals surface area contributed by atoms with Gasteiger partial charge in [-0.15, -0.1) is 0 Å². The number of carbonyl (C=O) groups is 1. The van der Waals surface area contributed by atoms with Crippen molar-refractivity contribution in [1.82, 2.24) is 5.32 Å². The van der Waals surface area contributed by atoms with Crippen LogP contribution in [0.3, 0.4) is 0 Å². The Balaban J connectivity index is 2.30. The molecule has 0 spiro atoms. The monoisotopic (exact) mass is 295 g/mol. The van der Waals surface area contributed by atoms with E-state index in [9.17, 15) is 4.79 Å². The lowest BCUT2D eigenvalue weighted by Crippen LogP contribution is -2.12. The zero-order chi connectivity index (χ0) is 15.1. The van der Waals surface area contributed by atoms with Crippen molar-refractivity contribution >= 4 is 28.4 Å². The van der Waals surface area contributed by atoms with E-state index >= 15 is 0 Å². The molecule has 0 atom stereocenters. The van der Waals surface area contributed by atoms with Crippen LogP contribution in [0.15, 0.2) is 59.6 Å². The molecule has 0 bridgehead atoms. The fourth-order valence-corrected chi connectivity index (χ4v) is 2.11. The molecule has 104 valence electrons. The summed E-state index contributed by atoms with van der Waals surface area (Å²) in [6.45, 7) is 0. The van der Waals surface area contributed by atoms with Gasteiger partial charge in [-0.25, -0.2) is 4.99 Å². The van der Waals surface area contributed by atoms with E-state index in [0.717, 1.165) is 0 Å². The molecule has 0 radical (unpaired) electrons. The SMILES string of the molecule is CSC(=Nc1cccc(C(=O)c2ccccc2)c1)NC#N. The fourth-order valence-electron chi connectivity index (χ4n) is 1.76. The van der Waals surface area contributed by atoms with Gasteiger partial charge in [0.1, 0.15) is 0 Å². The standard InChI is InChI=1S/C16H13N3OS/c1-21-16(18-11-17)19-14-9-5-8-13(10-14)15(20)12-6-3-2-4-7-12/h2-10H,1H3,(H,18,19). The first-order chi connectivity index (χ1) is 10.2. The molecule has 0 saturated carbocycles. The minimum absolute atomic E-state index is 0.0495. The molecule has 5 heteroatoms. The smallest absolute Gasteiger partial charge is 0.193 e. The minimum Gasteiger partial charge on any atom is -0.289 e. The number of nitrogens with one attached hydrogen (secondary N) is 1. The Morgan fingerprint density at radius 3 is 2.52 bits per heavy atom. The maximum absolute atomic E-state index is 12.4. The van der Waals surface area contributed by atoms with Gasteiger partial charge in [0.2, 0.25) is 0 Å². The number of aliphatic imine (C=N–C) groups is 1. The summed E-state index contributed by atoms with van der Waals surface area (Å²) < 4.78 is 0. The number of nitriles is 1. The van der Waals surface area contributed by atoms with E-state index in [1.165, 1.54) is 11.8 Å². The number of thioether (sulfide) groups is 1. The molecule has 0 saturated heterocycles. The van der Waals surface area contributed by atoms with Crippen LogP contribution in [0, 0.1) is 11.5 Å². The van der Waals surface area contributed by atoms with Crippen molar-refractivity contribution < 1.29 is 4.79 Å². The summed E-state index contributed by atoms with van der Waals surface area (Å²) in [5, 5.41) is 11.6. The highest BCUT2D eigenvalue weighted by molar-refractivity contribution is 8.13. The first-order valence-electron chi connectivity index (χ1n) is 6.22. The van der Waals surface area contributed by atoms with Gasteiger partial charge in [-0.2, -0.15) is 5.26 Å². The van der Waals surface area contributed by atoms with Crippen LogP contribution < -0.4 is 5.32 Å². The van der Waals surface area contributed by atoms with Gasteiger partial charge in [0.25, 0.3) is 0 Å². The Labute approximate surface area is 127 Å². The lowest BCUT2D eigenvalue weighted by molar-refractivity contribution is 0.103. The predicted octanol–water partition coefficient (Wildman–Crippen LogP) is 3.34. The van der Waals surface area contributed by atoms with E-state index in [1.807, 2.05) is 30.6 Å². The van der Waals surface area contributed by atoms with Crippen molar-refractivity contribution in [2.24, 2.45) is 4.99 Å². The molecule has 0 fully saturated rings. The van der Waals surface area contributed by atoms with E-state index in [1.54, 1.807) is 36.4 Å². The van der Waals surface area contributed by atoms with Crippen LogP contribution in [0.25, 0.3) is 0 Å². The van der Waals surface area contributed by atoms with E-state index < -0.39 is 0 Å². The Morgan fingerprint density at radius 2 is 1.86 bits per heavy atom. The summed E-state index contributed by atoms with van der Waals surface area (Å²) in [6, 6.07) is 16.1. The molecule has 0 aliphatic heterocycles. The number of benzene rings is 2. The molecule has 2 aromatic rings. The zero-order valence-electron chi connectivity index (χ0n) is 11.4. The van der Waals surface area contributed by atoms with Crippen molar-refractivity contribution in [3.05, 3.63) is 65.7 Å². The molecule has 0 unspecified atom stereocenters. The van der Waals surface area contributed by atoms with Crippen LogP contribution in [0.2, 0.25) is 0 Å². The summed E-state index contributed by atoms with van der Waals surface area (Å²) >= 11 is 1.33. The maximum Gasteiger partial charge on any atom is 0.193 e. The third-order valence-electron chi connectivity index (χ3n) is 2.73. The number of hydrogen-bond donors (Lipinski definition) is 1. The molecule has 4 nitrogen and oxygen atoms in total. The zero-order valence-corrected chi connectivity index (χ0v) is 12.2.